The number of fused-ring (bicyclic) bond motifs is 12. The summed E-state index contributed by atoms with van der Waals surface area (Å²) in [6, 6.07) is 69.6. The first kappa shape index (κ1) is 30.9. The summed E-state index contributed by atoms with van der Waals surface area (Å²) < 4.78 is 4.62. The number of nitrogens with zero attached hydrogens (tertiary/aromatic N) is 4. The van der Waals surface area contributed by atoms with Gasteiger partial charge >= 0.3 is 0 Å². The van der Waals surface area contributed by atoms with Gasteiger partial charge in [-0.3, -0.25) is 4.57 Å². The number of para-hydroxylation sites is 3. The molecule has 12 rings (SSSR count). The second-order valence-electron chi connectivity index (χ2n) is 14.6. The molecule has 0 aliphatic rings. The smallest absolute Gasteiger partial charge is 0.235 e. The Balaban J connectivity index is 1.11. The first-order chi connectivity index (χ1) is 27.8. The summed E-state index contributed by atoms with van der Waals surface area (Å²) in [7, 11) is 0. The monoisotopic (exact) mass is 712 g/mol. The minimum Gasteiger partial charge on any atom is -0.309 e. The lowest BCUT2D eigenvalue weighted by Crippen LogP contribution is -2.04. The van der Waals surface area contributed by atoms with Crippen LogP contribution in [-0.4, -0.2) is 19.1 Å². The van der Waals surface area contributed by atoms with Crippen LogP contribution in [0.15, 0.2) is 194 Å². The number of aromatic nitrogens is 4. The highest BCUT2D eigenvalue weighted by molar-refractivity contribution is 6.25. The van der Waals surface area contributed by atoms with Gasteiger partial charge in [0.2, 0.25) is 5.95 Å². The Labute approximate surface area is 322 Å². The van der Waals surface area contributed by atoms with Crippen molar-refractivity contribution >= 4 is 75.9 Å². The van der Waals surface area contributed by atoms with Crippen LogP contribution in [0.25, 0.3) is 110 Å². The third kappa shape index (κ3) is 4.53. The first-order valence-corrected chi connectivity index (χ1v) is 19.1. The SMILES string of the molecule is c1ccc(-c2cc(-c3ccc4c5ccccc5c5ccccc5c4c3)nc(-n3c4ccccc4c4cc(-n5c6ccccc6c6ccccc65)ccc43)n2)cc1. The average molecular weight is 713 g/mol. The molecule has 3 heterocycles. The fourth-order valence-corrected chi connectivity index (χ4v) is 9.02. The van der Waals surface area contributed by atoms with Gasteiger partial charge in [-0.05, 0) is 80.8 Å². The molecule has 0 saturated heterocycles. The Morgan fingerprint density at radius 3 is 1.32 bits per heavy atom. The third-order valence-corrected chi connectivity index (χ3v) is 11.5. The molecule has 0 N–H and O–H groups in total. The molecule has 0 aliphatic carbocycles. The summed E-state index contributed by atoms with van der Waals surface area (Å²) in [6.45, 7) is 0. The van der Waals surface area contributed by atoms with Crippen molar-refractivity contribution in [3.63, 3.8) is 0 Å². The molecule has 12 aromatic rings. The van der Waals surface area contributed by atoms with Crippen molar-refractivity contribution in [3.8, 4) is 34.2 Å². The molecular formula is C52H32N4. The van der Waals surface area contributed by atoms with E-state index >= 15 is 0 Å². The van der Waals surface area contributed by atoms with E-state index in [4.69, 9.17) is 9.97 Å². The molecular weight excluding hydrogens is 681 g/mol. The summed E-state index contributed by atoms with van der Waals surface area (Å²) in [4.78, 5) is 10.7. The van der Waals surface area contributed by atoms with Crippen LogP contribution in [0, 0.1) is 0 Å². The zero-order valence-electron chi connectivity index (χ0n) is 30.3. The highest BCUT2D eigenvalue weighted by Gasteiger charge is 2.19. The minimum absolute atomic E-state index is 0.639. The maximum atomic E-state index is 5.42. The van der Waals surface area contributed by atoms with Crippen LogP contribution in [0.3, 0.4) is 0 Å². The molecule has 0 radical (unpaired) electrons. The van der Waals surface area contributed by atoms with Gasteiger partial charge < -0.3 is 4.57 Å². The molecule has 0 bridgehead atoms. The molecule has 260 valence electrons. The van der Waals surface area contributed by atoms with Crippen LogP contribution in [0.4, 0.5) is 0 Å². The van der Waals surface area contributed by atoms with Crippen molar-refractivity contribution in [2.45, 2.75) is 0 Å². The Morgan fingerprint density at radius 1 is 0.268 bits per heavy atom. The van der Waals surface area contributed by atoms with Crippen LogP contribution >= 0.6 is 0 Å². The van der Waals surface area contributed by atoms with Gasteiger partial charge in [-0.15, -0.1) is 0 Å². The molecule has 0 amide bonds. The van der Waals surface area contributed by atoms with Gasteiger partial charge in [0.1, 0.15) is 0 Å². The Bertz CT molecular complexity index is 3450. The van der Waals surface area contributed by atoms with Crippen molar-refractivity contribution in [3.05, 3.63) is 194 Å². The fraction of sp³-hybridized carbons (Fsp3) is 0. The predicted octanol–water partition coefficient (Wildman–Crippen LogP) is 13.5. The molecule has 3 aromatic heterocycles. The Hall–Kier alpha value is -7.56. The van der Waals surface area contributed by atoms with Crippen molar-refractivity contribution in [2.24, 2.45) is 0 Å². The number of hydrogen-bond donors (Lipinski definition) is 0. The lowest BCUT2D eigenvalue weighted by molar-refractivity contribution is 0.995. The lowest BCUT2D eigenvalue weighted by atomic mass is 9.93. The van der Waals surface area contributed by atoms with E-state index in [2.05, 4.69) is 197 Å². The summed E-state index contributed by atoms with van der Waals surface area (Å²) >= 11 is 0. The van der Waals surface area contributed by atoms with Crippen molar-refractivity contribution in [2.75, 3.05) is 0 Å². The second kappa shape index (κ2) is 12.0. The quantitative estimate of drug-likeness (QED) is 0.170. The molecule has 56 heavy (non-hydrogen) atoms. The van der Waals surface area contributed by atoms with Gasteiger partial charge in [-0.25, -0.2) is 9.97 Å². The molecule has 9 aromatic carbocycles. The summed E-state index contributed by atoms with van der Waals surface area (Å²) in [5.41, 5.74) is 9.47. The van der Waals surface area contributed by atoms with E-state index in [0.29, 0.717) is 5.95 Å². The molecule has 0 aliphatic heterocycles. The normalized spacial score (nSPS) is 11.9. The van der Waals surface area contributed by atoms with Gasteiger partial charge in [0.25, 0.3) is 0 Å². The van der Waals surface area contributed by atoms with Crippen LogP contribution in [0.2, 0.25) is 0 Å². The second-order valence-corrected chi connectivity index (χ2v) is 14.6. The number of rotatable bonds is 4. The van der Waals surface area contributed by atoms with Crippen LogP contribution in [0.1, 0.15) is 0 Å². The summed E-state index contributed by atoms with van der Waals surface area (Å²) in [5.74, 6) is 0.639. The van der Waals surface area contributed by atoms with Gasteiger partial charge in [-0.1, -0.05) is 146 Å². The zero-order valence-corrected chi connectivity index (χ0v) is 30.3. The summed E-state index contributed by atoms with van der Waals surface area (Å²) in [5, 5.41) is 12.3. The molecule has 0 saturated carbocycles. The Morgan fingerprint density at radius 2 is 0.714 bits per heavy atom. The molecule has 4 nitrogen and oxygen atoms in total. The highest BCUT2D eigenvalue weighted by atomic mass is 15.2. The summed E-state index contributed by atoms with van der Waals surface area (Å²) in [6.07, 6.45) is 0. The number of hydrogen-bond acceptors (Lipinski definition) is 2. The molecule has 0 unspecified atom stereocenters. The average Bonchev–Trinajstić information content (AvgIpc) is 3.79. The largest absolute Gasteiger partial charge is 0.309 e. The molecule has 0 atom stereocenters. The van der Waals surface area contributed by atoms with Crippen LogP contribution < -0.4 is 0 Å². The Kier molecular flexibility index (Phi) is 6.60. The van der Waals surface area contributed by atoms with E-state index in [-0.39, 0.29) is 0 Å². The van der Waals surface area contributed by atoms with Crippen molar-refractivity contribution in [1.82, 2.24) is 19.1 Å². The topological polar surface area (TPSA) is 35.6 Å². The minimum atomic E-state index is 0.639. The maximum Gasteiger partial charge on any atom is 0.235 e. The third-order valence-electron chi connectivity index (χ3n) is 11.5. The van der Waals surface area contributed by atoms with Gasteiger partial charge in [0.15, 0.2) is 0 Å². The maximum absolute atomic E-state index is 5.42. The zero-order chi connectivity index (χ0) is 36.7. The van der Waals surface area contributed by atoms with E-state index in [1.54, 1.807) is 0 Å². The van der Waals surface area contributed by atoms with Crippen molar-refractivity contribution < 1.29 is 0 Å². The first-order valence-electron chi connectivity index (χ1n) is 19.1. The standard InChI is InChI=1S/C52H32N4/c1-2-14-33(15-3-1)46-32-47(34-26-28-40-38-18-5-4-16-36(38)37-17-6-7-19-39(37)44(40)30-34)54-52(53-46)56-50-25-13-10-22-43(50)45-31-35(27-29-51(45)56)55-48-23-11-8-20-41(48)42-21-9-12-24-49(42)55/h1-32H. The highest BCUT2D eigenvalue weighted by Crippen LogP contribution is 2.39. The fourth-order valence-electron chi connectivity index (χ4n) is 9.02. The van der Waals surface area contributed by atoms with Gasteiger partial charge in [0.05, 0.1) is 33.5 Å². The molecule has 0 spiro atoms. The van der Waals surface area contributed by atoms with Crippen molar-refractivity contribution in [1.29, 1.82) is 0 Å². The van der Waals surface area contributed by atoms with E-state index in [9.17, 15) is 0 Å². The van der Waals surface area contributed by atoms with E-state index in [1.807, 2.05) is 6.07 Å². The van der Waals surface area contributed by atoms with E-state index < -0.39 is 0 Å². The number of benzene rings is 9. The predicted molar refractivity (Wildman–Crippen MR) is 234 cm³/mol. The lowest BCUT2D eigenvalue weighted by Gasteiger charge is -2.14. The van der Waals surface area contributed by atoms with E-state index in [1.165, 1.54) is 54.1 Å². The van der Waals surface area contributed by atoms with Gasteiger partial charge in [-0.2, -0.15) is 0 Å². The van der Waals surface area contributed by atoms with Crippen LogP contribution in [0.5, 0.6) is 0 Å². The molecule has 4 heteroatoms. The van der Waals surface area contributed by atoms with Crippen LogP contribution in [-0.2, 0) is 0 Å². The van der Waals surface area contributed by atoms with Gasteiger partial charge in [0, 0.05) is 38.4 Å². The van der Waals surface area contributed by atoms with E-state index in [0.717, 1.165) is 50.0 Å². The molecule has 0 fully saturated rings.